The average molecular weight is 392 g/mol. The minimum atomic E-state index is -0.0565. The molecule has 1 aliphatic rings. The predicted molar refractivity (Wildman–Crippen MR) is 106 cm³/mol. The number of pyridine rings is 1. The van der Waals surface area contributed by atoms with Crippen LogP contribution in [-0.4, -0.2) is 46.9 Å². The van der Waals surface area contributed by atoms with E-state index in [2.05, 4.69) is 9.88 Å². The summed E-state index contributed by atoms with van der Waals surface area (Å²) in [6.07, 6.45) is 2.47. The maximum atomic E-state index is 13.0. The van der Waals surface area contributed by atoms with Crippen molar-refractivity contribution in [2.75, 3.05) is 26.2 Å². The second-order valence-corrected chi connectivity index (χ2v) is 7.50. The van der Waals surface area contributed by atoms with Gasteiger partial charge in [0.05, 0.1) is 10.0 Å². The number of rotatable bonds is 6. The summed E-state index contributed by atoms with van der Waals surface area (Å²) in [4.78, 5) is 21.7. The van der Waals surface area contributed by atoms with Crippen LogP contribution in [0.25, 0.3) is 0 Å². The lowest BCUT2D eigenvalue weighted by atomic mass is 10.2. The maximum absolute atomic E-state index is 13.0. The third-order valence-corrected chi connectivity index (χ3v) is 5.38. The van der Waals surface area contributed by atoms with Gasteiger partial charge in [0.2, 0.25) is 0 Å². The summed E-state index contributed by atoms with van der Waals surface area (Å²) >= 11 is 12.2. The van der Waals surface area contributed by atoms with Gasteiger partial charge in [0.1, 0.15) is 5.69 Å². The average Bonchev–Trinajstić information content (AvgIpc) is 3.14. The normalized spacial score (nSPS) is 14.6. The SMILES string of the molecule is Cc1cccc(C(=O)N(CCN2CCCC2)Cc2ccc(Cl)c(Cl)c2)n1. The molecule has 0 spiro atoms. The fourth-order valence-electron chi connectivity index (χ4n) is 3.20. The number of carbonyl (C=O) groups excluding carboxylic acids is 1. The molecule has 1 aromatic carbocycles. The van der Waals surface area contributed by atoms with Crippen LogP contribution in [0.4, 0.5) is 0 Å². The van der Waals surface area contributed by atoms with Crippen LogP contribution in [-0.2, 0) is 6.54 Å². The van der Waals surface area contributed by atoms with Crippen molar-refractivity contribution in [3.05, 3.63) is 63.4 Å². The Bertz CT molecular complexity index is 775. The zero-order valence-corrected chi connectivity index (χ0v) is 16.4. The minimum absolute atomic E-state index is 0.0565. The molecule has 6 heteroatoms. The molecule has 0 unspecified atom stereocenters. The molecule has 0 N–H and O–H groups in total. The van der Waals surface area contributed by atoms with E-state index in [4.69, 9.17) is 23.2 Å². The number of amides is 1. The second kappa shape index (κ2) is 8.85. The van der Waals surface area contributed by atoms with Crippen molar-refractivity contribution in [1.29, 1.82) is 0 Å². The Morgan fingerprint density at radius 1 is 1.15 bits per heavy atom. The van der Waals surface area contributed by atoms with Gasteiger partial charge < -0.3 is 9.80 Å². The van der Waals surface area contributed by atoms with E-state index in [9.17, 15) is 4.79 Å². The van der Waals surface area contributed by atoms with Crippen molar-refractivity contribution in [3.8, 4) is 0 Å². The van der Waals surface area contributed by atoms with Crippen LogP contribution in [0.1, 0.15) is 34.6 Å². The van der Waals surface area contributed by atoms with Crippen molar-refractivity contribution >= 4 is 29.1 Å². The Morgan fingerprint density at radius 2 is 1.92 bits per heavy atom. The van der Waals surface area contributed by atoms with Crippen molar-refractivity contribution in [3.63, 3.8) is 0 Å². The third kappa shape index (κ3) is 4.97. The first kappa shape index (κ1) is 19.2. The lowest BCUT2D eigenvalue weighted by molar-refractivity contribution is 0.0721. The van der Waals surface area contributed by atoms with Gasteiger partial charge in [-0.2, -0.15) is 0 Å². The monoisotopic (exact) mass is 391 g/mol. The lowest BCUT2D eigenvalue weighted by Crippen LogP contribution is -2.38. The summed E-state index contributed by atoms with van der Waals surface area (Å²) in [5, 5.41) is 1.02. The van der Waals surface area contributed by atoms with Gasteiger partial charge in [0, 0.05) is 25.3 Å². The molecule has 0 aliphatic carbocycles. The quantitative estimate of drug-likeness (QED) is 0.730. The first-order chi connectivity index (χ1) is 12.5. The van der Waals surface area contributed by atoms with Gasteiger partial charge in [-0.1, -0.05) is 35.3 Å². The second-order valence-electron chi connectivity index (χ2n) is 6.69. The number of aryl methyl sites for hydroxylation is 1. The smallest absolute Gasteiger partial charge is 0.272 e. The molecule has 2 aromatic rings. The van der Waals surface area contributed by atoms with Gasteiger partial charge in [-0.25, -0.2) is 4.98 Å². The Balaban J connectivity index is 1.77. The summed E-state index contributed by atoms with van der Waals surface area (Å²) in [7, 11) is 0. The van der Waals surface area contributed by atoms with Crippen molar-refractivity contribution in [2.45, 2.75) is 26.3 Å². The predicted octanol–water partition coefficient (Wildman–Crippen LogP) is 4.44. The van der Waals surface area contributed by atoms with Crippen LogP contribution in [0, 0.1) is 6.92 Å². The Labute approximate surface area is 164 Å². The highest BCUT2D eigenvalue weighted by Crippen LogP contribution is 2.23. The number of aromatic nitrogens is 1. The summed E-state index contributed by atoms with van der Waals surface area (Å²) in [5.41, 5.74) is 2.28. The summed E-state index contributed by atoms with van der Waals surface area (Å²) in [6, 6.07) is 11.0. The van der Waals surface area contributed by atoms with Gasteiger partial charge in [-0.05, 0) is 62.7 Å². The topological polar surface area (TPSA) is 36.4 Å². The van der Waals surface area contributed by atoms with Crippen molar-refractivity contribution < 1.29 is 4.79 Å². The molecule has 26 heavy (non-hydrogen) atoms. The number of hydrogen-bond acceptors (Lipinski definition) is 3. The number of hydrogen-bond donors (Lipinski definition) is 0. The van der Waals surface area contributed by atoms with Crippen LogP contribution >= 0.6 is 23.2 Å². The summed E-state index contributed by atoms with van der Waals surface area (Å²) in [5.74, 6) is -0.0565. The molecule has 1 aliphatic heterocycles. The van der Waals surface area contributed by atoms with E-state index < -0.39 is 0 Å². The molecule has 138 valence electrons. The van der Waals surface area contributed by atoms with Gasteiger partial charge >= 0.3 is 0 Å². The van der Waals surface area contributed by atoms with E-state index >= 15 is 0 Å². The molecule has 3 rings (SSSR count). The molecule has 0 bridgehead atoms. The van der Waals surface area contributed by atoms with Crippen LogP contribution in [0.15, 0.2) is 36.4 Å². The molecule has 1 fully saturated rings. The van der Waals surface area contributed by atoms with Gasteiger partial charge in [-0.15, -0.1) is 0 Å². The first-order valence-corrected chi connectivity index (χ1v) is 9.68. The van der Waals surface area contributed by atoms with Crippen molar-refractivity contribution in [1.82, 2.24) is 14.8 Å². The number of carbonyl (C=O) groups is 1. The molecular formula is C20H23Cl2N3O. The molecule has 0 atom stereocenters. The Morgan fingerprint density at radius 3 is 2.62 bits per heavy atom. The van der Waals surface area contributed by atoms with Crippen LogP contribution in [0.2, 0.25) is 10.0 Å². The molecule has 1 saturated heterocycles. The standard InChI is InChI=1S/C20H23Cl2N3O/c1-15-5-4-6-19(23-15)20(26)25(12-11-24-9-2-3-10-24)14-16-7-8-17(21)18(22)13-16/h4-8,13H,2-3,9-12,14H2,1H3. The van der Waals surface area contributed by atoms with E-state index in [1.54, 1.807) is 12.1 Å². The molecule has 2 heterocycles. The zero-order valence-electron chi connectivity index (χ0n) is 14.9. The van der Waals surface area contributed by atoms with Crippen LogP contribution in [0.5, 0.6) is 0 Å². The Kier molecular flexibility index (Phi) is 6.52. The van der Waals surface area contributed by atoms with Gasteiger partial charge in [-0.3, -0.25) is 4.79 Å². The van der Waals surface area contributed by atoms with E-state index in [0.717, 1.165) is 30.9 Å². The van der Waals surface area contributed by atoms with Gasteiger partial charge in [0.25, 0.3) is 5.91 Å². The molecule has 0 saturated carbocycles. The largest absolute Gasteiger partial charge is 0.332 e. The highest BCUT2D eigenvalue weighted by molar-refractivity contribution is 6.42. The summed E-state index contributed by atoms with van der Waals surface area (Å²) < 4.78 is 0. The van der Waals surface area contributed by atoms with E-state index in [-0.39, 0.29) is 5.91 Å². The maximum Gasteiger partial charge on any atom is 0.272 e. The van der Waals surface area contributed by atoms with Gasteiger partial charge in [0.15, 0.2) is 0 Å². The molecule has 1 amide bonds. The van der Waals surface area contributed by atoms with E-state index in [0.29, 0.717) is 28.8 Å². The number of nitrogens with zero attached hydrogens (tertiary/aromatic N) is 3. The first-order valence-electron chi connectivity index (χ1n) is 8.92. The third-order valence-electron chi connectivity index (χ3n) is 4.64. The molecule has 4 nitrogen and oxygen atoms in total. The van der Waals surface area contributed by atoms with Crippen molar-refractivity contribution in [2.24, 2.45) is 0 Å². The van der Waals surface area contributed by atoms with Crippen LogP contribution < -0.4 is 0 Å². The minimum Gasteiger partial charge on any atom is -0.332 e. The highest BCUT2D eigenvalue weighted by Gasteiger charge is 2.20. The van der Waals surface area contributed by atoms with E-state index in [1.165, 1.54) is 12.8 Å². The number of likely N-dealkylation sites (tertiary alicyclic amines) is 1. The highest BCUT2D eigenvalue weighted by atomic mass is 35.5. The number of benzene rings is 1. The lowest BCUT2D eigenvalue weighted by Gasteiger charge is -2.25. The van der Waals surface area contributed by atoms with E-state index in [1.807, 2.05) is 36.1 Å². The molecular weight excluding hydrogens is 369 g/mol. The van der Waals surface area contributed by atoms with Crippen LogP contribution in [0.3, 0.4) is 0 Å². The fraction of sp³-hybridized carbons (Fsp3) is 0.400. The zero-order chi connectivity index (χ0) is 18.5. The fourth-order valence-corrected chi connectivity index (χ4v) is 3.52. The molecule has 0 radical (unpaired) electrons. The molecule has 1 aromatic heterocycles. The Hall–Kier alpha value is -1.62. The number of halogens is 2. The summed E-state index contributed by atoms with van der Waals surface area (Å²) in [6.45, 7) is 6.13.